The van der Waals surface area contributed by atoms with Crippen LogP contribution in [0.2, 0.25) is 0 Å². The van der Waals surface area contributed by atoms with Crippen LogP contribution >= 0.6 is 0 Å². The Kier molecular flexibility index (Phi) is 6.86. The number of hydrogen-bond donors (Lipinski definition) is 3. The number of rotatable bonds is 6. The largest absolute Gasteiger partial charge is 0.480 e. The van der Waals surface area contributed by atoms with E-state index in [-0.39, 0.29) is 17.7 Å². The Morgan fingerprint density at radius 1 is 0.857 bits per heavy atom. The molecule has 0 unspecified atom stereocenters. The smallest absolute Gasteiger partial charge is 0.326 e. The van der Waals surface area contributed by atoms with Crippen LogP contribution in [0.15, 0.2) is 0 Å². The third-order valence-corrected chi connectivity index (χ3v) is 3.15. The second-order valence-electron chi connectivity index (χ2n) is 7.01. The van der Waals surface area contributed by atoms with E-state index >= 15 is 0 Å². The van der Waals surface area contributed by atoms with E-state index in [0.29, 0.717) is 0 Å². The quantitative estimate of drug-likeness (QED) is 0.691. The zero-order valence-corrected chi connectivity index (χ0v) is 14.0. The average molecular weight is 300 g/mol. The highest BCUT2D eigenvalue weighted by molar-refractivity contribution is 5.91. The summed E-state index contributed by atoms with van der Waals surface area (Å²) in [7, 11) is 0. The minimum atomic E-state index is -1.08. The number of carbonyl (C=O) groups is 3. The van der Waals surface area contributed by atoms with Crippen molar-refractivity contribution >= 4 is 17.8 Å². The van der Waals surface area contributed by atoms with Gasteiger partial charge in [-0.2, -0.15) is 0 Å². The Morgan fingerprint density at radius 3 is 1.57 bits per heavy atom. The third-order valence-electron chi connectivity index (χ3n) is 3.15. The number of amides is 2. The van der Waals surface area contributed by atoms with Gasteiger partial charge in [-0.1, -0.05) is 48.5 Å². The summed E-state index contributed by atoms with van der Waals surface area (Å²) in [5, 5.41) is 14.3. The van der Waals surface area contributed by atoms with E-state index < -0.39 is 29.4 Å². The van der Waals surface area contributed by atoms with E-state index in [2.05, 4.69) is 10.6 Å². The maximum Gasteiger partial charge on any atom is 0.326 e. The minimum absolute atomic E-state index is 0.141. The molecule has 122 valence electrons. The van der Waals surface area contributed by atoms with Crippen molar-refractivity contribution in [3.8, 4) is 0 Å². The van der Waals surface area contributed by atoms with Crippen LogP contribution in [0.5, 0.6) is 0 Å². The van der Waals surface area contributed by atoms with Crippen molar-refractivity contribution in [1.29, 1.82) is 0 Å². The molecule has 2 atom stereocenters. The van der Waals surface area contributed by atoms with Crippen molar-refractivity contribution in [1.82, 2.24) is 10.6 Å². The van der Waals surface area contributed by atoms with Gasteiger partial charge in [0, 0.05) is 5.41 Å². The summed E-state index contributed by atoms with van der Waals surface area (Å²) in [5.41, 5.74) is -0.613. The fraction of sp³-hybridized carbons (Fsp3) is 0.800. The molecule has 0 aromatic carbocycles. The van der Waals surface area contributed by atoms with Gasteiger partial charge in [-0.15, -0.1) is 0 Å². The Labute approximate surface area is 126 Å². The highest BCUT2D eigenvalue weighted by atomic mass is 16.4. The van der Waals surface area contributed by atoms with Gasteiger partial charge in [0.15, 0.2) is 0 Å². The molecule has 0 rings (SSSR count). The summed E-state index contributed by atoms with van der Waals surface area (Å²) in [5.74, 6) is -2.17. The number of nitrogens with one attached hydrogen (secondary N) is 2. The van der Waals surface area contributed by atoms with E-state index in [1.165, 1.54) is 0 Å². The zero-order valence-electron chi connectivity index (χ0n) is 14.0. The molecule has 6 heteroatoms. The normalized spacial score (nSPS) is 14.7. The summed E-state index contributed by atoms with van der Waals surface area (Å²) in [6, 6.07) is -1.72. The zero-order chi connectivity index (χ0) is 17.0. The molecule has 0 aliphatic rings. The van der Waals surface area contributed by atoms with E-state index in [9.17, 15) is 14.4 Å². The summed E-state index contributed by atoms with van der Waals surface area (Å²) >= 11 is 0. The highest BCUT2D eigenvalue weighted by Gasteiger charge is 2.32. The van der Waals surface area contributed by atoms with Crippen LogP contribution in [0.1, 0.15) is 48.5 Å². The first-order valence-electron chi connectivity index (χ1n) is 7.22. The van der Waals surface area contributed by atoms with E-state index in [4.69, 9.17) is 5.11 Å². The molecule has 0 aromatic heterocycles. The van der Waals surface area contributed by atoms with Crippen LogP contribution in [-0.4, -0.2) is 35.0 Å². The van der Waals surface area contributed by atoms with Gasteiger partial charge in [0.25, 0.3) is 0 Å². The van der Waals surface area contributed by atoms with Crippen LogP contribution in [0.4, 0.5) is 0 Å². The second kappa shape index (κ2) is 7.43. The Balaban J connectivity index is 5.01. The van der Waals surface area contributed by atoms with Gasteiger partial charge < -0.3 is 15.7 Å². The second-order valence-corrected chi connectivity index (χ2v) is 7.01. The molecule has 0 saturated heterocycles. The lowest BCUT2D eigenvalue weighted by atomic mass is 9.93. The molecule has 21 heavy (non-hydrogen) atoms. The number of carboxylic acid groups (broad SMARTS) is 1. The maximum absolute atomic E-state index is 12.3. The molecule has 0 radical (unpaired) electrons. The fourth-order valence-corrected chi connectivity index (χ4v) is 1.65. The van der Waals surface area contributed by atoms with Gasteiger partial charge in [0.2, 0.25) is 11.8 Å². The highest BCUT2D eigenvalue weighted by Crippen LogP contribution is 2.15. The first-order valence-corrected chi connectivity index (χ1v) is 7.22. The monoisotopic (exact) mass is 300 g/mol. The predicted octanol–water partition coefficient (Wildman–Crippen LogP) is 1.40. The Hall–Kier alpha value is -1.59. The van der Waals surface area contributed by atoms with Gasteiger partial charge >= 0.3 is 5.97 Å². The van der Waals surface area contributed by atoms with E-state index in [1.807, 2.05) is 0 Å². The number of aliphatic carboxylic acids is 1. The molecule has 6 nitrogen and oxygen atoms in total. The lowest BCUT2D eigenvalue weighted by Crippen LogP contribution is -2.56. The van der Waals surface area contributed by atoms with Crippen molar-refractivity contribution in [2.24, 2.45) is 17.3 Å². The molecule has 0 aliphatic carbocycles. The van der Waals surface area contributed by atoms with Crippen molar-refractivity contribution in [2.75, 3.05) is 0 Å². The molecule has 2 amide bonds. The summed E-state index contributed by atoms with van der Waals surface area (Å²) in [4.78, 5) is 35.5. The molecule has 0 fully saturated rings. The molecule has 0 aliphatic heterocycles. The lowest BCUT2D eigenvalue weighted by Gasteiger charge is -2.28. The van der Waals surface area contributed by atoms with Gasteiger partial charge in [-0.25, -0.2) is 4.79 Å². The summed E-state index contributed by atoms with van der Waals surface area (Å²) in [6.45, 7) is 12.3. The van der Waals surface area contributed by atoms with E-state index in [0.717, 1.165) is 0 Å². The van der Waals surface area contributed by atoms with Gasteiger partial charge in [0.05, 0.1) is 0 Å². The molecular formula is C15H28N2O4. The lowest BCUT2D eigenvalue weighted by molar-refractivity contribution is -0.144. The molecule has 0 heterocycles. The van der Waals surface area contributed by atoms with Crippen molar-refractivity contribution in [2.45, 2.75) is 60.5 Å². The van der Waals surface area contributed by atoms with E-state index in [1.54, 1.807) is 48.5 Å². The van der Waals surface area contributed by atoms with Crippen molar-refractivity contribution in [3.05, 3.63) is 0 Å². The minimum Gasteiger partial charge on any atom is -0.480 e. The topological polar surface area (TPSA) is 95.5 Å². The summed E-state index contributed by atoms with van der Waals surface area (Å²) in [6.07, 6.45) is 0. The number of carbonyl (C=O) groups excluding carboxylic acids is 2. The standard InChI is InChI=1S/C15H28N2O4/c1-8(2)10(17-14(21)15(5,6)7)12(18)16-11(9(3)4)13(19)20/h8-11H,1-7H3,(H,16,18)(H,17,21)(H,19,20)/t10-,11-/m0/s1. The molecule has 3 N–H and O–H groups in total. The predicted molar refractivity (Wildman–Crippen MR) is 80.6 cm³/mol. The molecule has 0 bridgehead atoms. The number of hydrogen-bond acceptors (Lipinski definition) is 3. The molecular weight excluding hydrogens is 272 g/mol. The van der Waals surface area contributed by atoms with Crippen LogP contribution in [0.3, 0.4) is 0 Å². The molecule has 0 aromatic rings. The summed E-state index contributed by atoms with van der Waals surface area (Å²) < 4.78 is 0. The van der Waals surface area contributed by atoms with Gasteiger partial charge in [-0.3, -0.25) is 9.59 Å². The first kappa shape index (κ1) is 19.4. The van der Waals surface area contributed by atoms with Crippen LogP contribution in [-0.2, 0) is 14.4 Å². The Morgan fingerprint density at radius 2 is 1.29 bits per heavy atom. The van der Waals surface area contributed by atoms with Gasteiger partial charge in [0.1, 0.15) is 12.1 Å². The maximum atomic E-state index is 12.3. The number of carboxylic acids is 1. The van der Waals surface area contributed by atoms with Crippen molar-refractivity contribution < 1.29 is 19.5 Å². The van der Waals surface area contributed by atoms with Crippen LogP contribution < -0.4 is 10.6 Å². The van der Waals surface area contributed by atoms with Crippen LogP contribution in [0, 0.1) is 17.3 Å². The SMILES string of the molecule is CC(C)[C@H](NC(=O)[C@@H](NC(=O)C(C)(C)C)C(C)C)C(=O)O. The third kappa shape index (κ3) is 6.14. The molecule has 0 saturated carbocycles. The first-order chi connectivity index (χ1) is 9.37. The van der Waals surface area contributed by atoms with Crippen molar-refractivity contribution in [3.63, 3.8) is 0 Å². The Bertz CT molecular complexity index is 397. The van der Waals surface area contributed by atoms with Crippen LogP contribution in [0.25, 0.3) is 0 Å². The van der Waals surface area contributed by atoms with Gasteiger partial charge in [-0.05, 0) is 11.8 Å². The average Bonchev–Trinajstić information content (AvgIpc) is 2.29. The fourth-order valence-electron chi connectivity index (χ4n) is 1.65. The molecule has 0 spiro atoms.